The number of ether oxygens (including phenoxy) is 1. The molecule has 4 unspecified atom stereocenters. The molecule has 3 heterocycles. The largest absolute Gasteiger partial charge is 0.378 e. The third-order valence-corrected chi connectivity index (χ3v) is 5.81. The van der Waals surface area contributed by atoms with Gasteiger partial charge in [-0.05, 0) is 51.0 Å². The van der Waals surface area contributed by atoms with E-state index in [2.05, 4.69) is 24.1 Å². The lowest BCUT2D eigenvalue weighted by atomic mass is 9.80. The van der Waals surface area contributed by atoms with Crippen molar-refractivity contribution in [1.82, 2.24) is 10.2 Å². The van der Waals surface area contributed by atoms with Crippen LogP contribution in [0.25, 0.3) is 0 Å². The molecule has 20 heavy (non-hydrogen) atoms. The molecule has 116 valence electrons. The van der Waals surface area contributed by atoms with Gasteiger partial charge in [0.1, 0.15) is 0 Å². The molecular formula is C17H32N2O. The van der Waals surface area contributed by atoms with Gasteiger partial charge in [-0.25, -0.2) is 0 Å². The van der Waals surface area contributed by atoms with Crippen LogP contribution in [0.5, 0.6) is 0 Å². The minimum atomic E-state index is 0.530. The Hall–Kier alpha value is -0.120. The molecule has 3 saturated heterocycles. The predicted octanol–water partition coefficient (Wildman–Crippen LogP) is 2.80. The van der Waals surface area contributed by atoms with E-state index in [0.29, 0.717) is 6.10 Å². The molecule has 0 aromatic carbocycles. The highest BCUT2D eigenvalue weighted by Gasteiger charge is 2.40. The second-order valence-corrected chi connectivity index (χ2v) is 7.03. The van der Waals surface area contributed by atoms with Crippen molar-refractivity contribution >= 4 is 0 Å². The quantitative estimate of drug-likeness (QED) is 0.838. The highest BCUT2D eigenvalue weighted by molar-refractivity contribution is 4.96. The summed E-state index contributed by atoms with van der Waals surface area (Å²) in [4.78, 5) is 2.87. The van der Waals surface area contributed by atoms with Gasteiger partial charge < -0.3 is 10.1 Å². The van der Waals surface area contributed by atoms with E-state index in [1.165, 1.54) is 51.5 Å². The summed E-state index contributed by atoms with van der Waals surface area (Å²) in [7, 11) is 0. The van der Waals surface area contributed by atoms with Crippen LogP contribution in [0.2, 0.25) is 0 Å². The SMILES string of the molecule is CCNC1CC2CCCC(C1)N2CC1CCOC1CC. The maximum atomic E-state index is 5.90. The van der Waals surface area contributed by atoms with Crippen LogP contribution in [-0.4, -0.2) is 48.8 Å². The van der Waals surface area contributed by atoms with Gasteiger partial charge in [-0.1, -0.05) is 20.3 Å². The zero-order chi connectivity index (χ0) is 13.9. The van der Waals surface area contributed by atoms with E-state index in [1.54, 1.807) is 0 Å². The van der Waals surface area contributed by atoms with Crippen LogP contribution < -0.4 is 5.32 Å². The van der Waals surface area contributed by atoms with Crippen molar-refractivity contribution in [3.8, 4) is 0 Å². The molecule has 2 bridgehead atoms. The molecule has 3 nitrogen and oxygen atoms in total. The molecule has 0 aromatic rings. The van der Waals surface area contributed by atoms with Crippen LogP contribution in [0.1, 0.15) is 58.8 Å². The summed E-state index contributed by atoms with van der Waals surface area (Å²) in [5.41, 5.74) is 0. The van der Waals surface area contributed by atoms with E-state index in [9.17, 15) is 0 Å². The summed E-state index contributed by atoms with van der Waals surface area (Å²) in [6.45, 7) is 7.93. The van der Waals surface area contributed by atoms with Crippen LogP contribution in [0.3, 0.4) is 0 Å². The van der Waals surface area contributed by atoms with Crippen LogP contribution in [-0.2, 0) is 4.74 Å². The molecule has 3 aliphatic rings. The summed E-state index contributed by atoms with van der Waals surface area (Å²) >= 11 is 0. The fourth-order valence-electron chi connectivity index (χ4n) is 4.86. The fraction of sp³-hybridized carbons (Fsp3) is 1.00. The van der Waals surface area contributed by atoms with Gasteiger partial charge in [-0.3, -0.25) is 4.90 Å². The van der Waals surface area contributed by atoms with Gasteiger partial charge in [-0.2, -0.15) is 0 Å². The molecule has 0 aliphatic carbocycles. The van der Waals surface area contributed by atoms with Crippen molar-refractivity contribution in [2.45, 2.75) is 83.0 Å². The Bertz CT molecular complexity index is 295. The molecule has 4 atom stereocenters. The topological polar surface area (TPSA) is 24.5 Å². The van der Waals surface area contributed by atoms with Crippen molar-refractivity contribution in [1.29, 1.82) is 0 Å². The molecule has 3 fully saturated rings. The van der Waals surface area contributed by atoms with E-state index >= 15 is 0 Å². The lowest BCUT2D eigenvalue weighted by Crippen LogP contribution is -2.57. The molecule has 3 heteroatoms. The van der Waals surface area contributed by atoms with Gasteiger partial charge >= 0.3 is 0 Å². The van der Waals surface area contributed by atoms with Gasteiger partial charge in [0, 0.05) is 31.3 Å². The van der Waals surface area contributed by atoms with Gasteiger partial charge in [0.25, 0.3) is 0 Å². The van der Waals surface area contributed by atoms with E-state index in [4.69, 9.17) is 4.74 Å². The summed E-state index contributed by atoms with van der Waals surface area (Å²) in [6.07, 6.45) is 10.0. The molecule has 3 rings (SSSR count). The molecule has 3 aliphatic heterocycles. The zero-order valence-electron chi connectivity index (χ0n) is 13.3. The standard InChI is InChI=1S/C17H32N2O/c1-3-17-13(8-9-20-17)12-19-15-6-5-7-16(19)11-14(10-15)18-4-2/h13-18H,3-12H2,1-2H3. The van der Waals surface area contributed by atoms with Crippen molar-refractivity contribution < 1.29 is 4.74 Å². The van der Waals surface area contributed by atoms with Crippen molar-refractivity contribution in [2.75, 3.05) is 19.7 Å². The highest BCUT2D eigenvalue weighted by atomic mass is 16.5. The maximum Gasteiger partial charge on any atom is 0.0613 e. The van der Waals surface area contributed by atoms with Crippen LogP contribution in [0.4, 0.5) is 0 Å². The lowest BCUT2D eigenvalue weighted by Gasteiger charge is -2.50. The number of rotatable bonds is 5. The molecule has 1 N–H and O–H groups in total. The van der Waals surface area contributed by atoms with E-state index in [0.717, 1.165) is 37.2 Å². The van der Waals surface area contributed by atoms with Crippen molar-refractivity contribution in [3.63, 3.8) is 0 Å². The summed E-state index contributed by atoms with van der Waals surface area (Å²) in [5.74, 6) is 0.791. The molecule has 0 amide bonds. The third-order valence-electron chi connectivity index (χ3n) is 5.81. The Kier molecular flexibility index (Phi) is 5.00. The Morgan fingerprint density at radius 2 is 1.85 bits per heavy atom. The molecule has 0 spiro atoms. The van der Waals surface area contributed by atoms with Gasteiger partial charge in [0.2, 0.25) is 0 Å². The Labute approximate surface area is 124 Å². The van der Waals surface area contributed by atoms with Crippen molar-refractivity contribution in [3.05, 3.63) is 0 Å². The van der Waals surface area contributed by atoms with Crippen LogP contribution in [0, 0.1) is 5.92 Å². The maximum absolute atomic E-state index is 5.90. The van der Waals surface area contributed by atoms with E-state index < -0.39 is 0 Å². The van der Waals surface area contributed by atoms with Gasteiger partial charge in [0.05, 0.1) is 6.10 Å². The van der Waals surface area contributed by atoms with Gasteiger partial charge in [0.15, 0.2) is 0 Å². The molecule has 0 radical (unpaired) electrons. The second-order valence-electron chi connectivity index (χ2n) is 7.03. The predicted molar refractivity (Wildman–Crippen MR) is 83.0 cm³/mol. The average molecular weight is 280 g/mol. The number of piperidine rings is 2. The fourth-order valence-corrected chi connectivity index (χ4v) is 4.86. The highest BCUT2D eigenvalue weighted by Crippen LogP contribution is 2.36. The lowest BCUT2D eigenvalue weighted by molar-refractivity contribution is -0.00141. The van der Waals surface area contributed by atoms with E-state index in [-0.39, 0.29) is 0 Å². The van der Waals surface area contributed by atoms with Crippen LogP contribution in [0.15, 0.2) is 0 Å². The molecule has 0 saturated carbocycles. The molecule has 0 aromatic heterocycles. The number of nitrogens with one attached hydrogen (secondary N) is 1. The minimum Gasteiger partial charge on any atom is -0.378 e. The zero-order valence-corrected chi connectivity index (χ0v) is 13.3. The van der Waals surface area contributed by atoms with Gasteiger partial charge in [-0.15, -0.1) is 0 Å². The Morgan fingerprint density at radius 1 is 1.10 bits per heavy atom. The minimum absolute atomic E-state index is 0.530. The first kappa shape index (κ1) is 14.8. The van der Waals surface area contributed by atoms with Crippen LogP contribution >= 0.6 is 0 Å². The Balaban J connectivity index is 1.61. The number of hydrogen-bond acceptors (Lipinski definition) is 3. The Morgan fingerprint density at radius 3 is 2.50 bits per heavy atom. The first-order chi connectivity index (χ1) is 9.81. The summed E-state index contributed by atoms with van der Waals surface area (Å²) < 4.78 is 5.90. The first-order valence-corrected chi connectivity index (χ1v) is 8.92. The smallest absolute Gasteiger partial charge is 0.0613 e. The summed E-state index contributed by atoms with van der Waals surface area (Å²) in [5, 5.41) is 3.70. The number of fused-ring (bicyclic) bond motifs is 2. The average Bonchev–Trinajstić information content (AvgIpc) is 2.87. The monoisotopic (exact) mass is 280 g/mol. The molecular weight excluding hydrogens is 248 g/mol. The van der Waals surface area contributed by atoms with E-state index in [1.807, 2.05) is 0 Å². The first-order valence-electron chi connectivity index (χ1n) is 8.92. The normalized spacial score (nSPS) is 42.0. The summed E-state index contributed by atoms with van der Waals surface area (Å²) in [6, 6.07) is 2.45. The number of hydrogen-bond donors (Lipinski definition) is 1. The number of nitrogens with zero attached hydrogens (tertiary/aromatic N) is 1. The third kappa shape index (κ3) is 3.05. The second kappa shape index (κ2) is 6.76. The van der Waals surface area contributed by atoms with Crippen molar-refractivity contribution in [2.24, 2.45) is 5.92 Å².